The van der Waals surface area contributed by atoms with Gasteiger partial charge in [-0.1, -0.05) is 0 Å². The first-order chi connectivity index (χ1) is 22.7. The molecule has 2 rings (SSSR count). The lowest BCUT2D eigenvalue weighted by Gasteiger charge is -2.33. The van der Waals surface area contributed by atoms with Crippen LogP contribution < -0.4 is 65.5 Å². The summed E-state index contributed by atoms with van der Waals surface area (Å²) in [7, 11) is 0. The molecule has 0 aromatic carbocycles. The summed E-state index contributed by atoms with van der Waals surface area (Å²) in [6.07, 6.45) is -0.339. The number of aliphatic hydroxyl groups is 3. The van der Waals surface area contributed by atoms with E-state index in [2.05, 4.69) is 42.2 Å². The van der Waals surface area contributed by atoms with Crippen molar-refractivity contribution in [3.05, 3.63) is 11.9 Å². The lowest BCUT2D eigenvalue weighted by molar-refractivity contribution is -0.135. The van der Waals surface area contributed by atoms with Crippen molar-refractivity contribution in [2.75, 3.05) is 26.3 Å². The van der Waals surface area contributed by atoms with Gasteiger partial charge in [-0.25, -0.2) is 9.79 Å². The molecule has 2 aliphatic rings. The molecule has 1 saturated heterocycles. The van der Waals surface area contributed by atoms with Crippen LogP contribution in [0.4, 0.5) is 4.79 Å². The van der Waals surface area contributed by atoms with Crippen molar-refractivity contribution in [1.29, 1.82) is 0 Å². The Hall–Kier alpha value is -5.10. The van der Waals surface area contributed by atoms with E-state index in [9.17, 15) is 48.9 Å². The van der Waals surface area contributed by atoms with Gasteiger partial charge in [0.2, 0.25) is 29.5 Å². The summed E-state index contributed by atoms with van der Waals surface area (Å²) in [5, 5.41) is 47.9. The van der Waals surface area contributed by atoms with E-state index >= 15 is 0 Å². The van der Waals surface area contributed by atoms with E-state index in [-0.39, 0.29) is 18.8 Å². The van der Waals surface area contributed by atoms with E-state index in [0.717, 1.165) is 0 Å². The highest BCUT2D eigenvalue weighted by molar-refractivity contribution is 6.02. The molecule has 2 aliphatic heterocycles. The van der Waals surface area contributed by atoms with Crippen LogP contribution in [0.15, 0.2) is 16.9 Å². The minimum absolute atomic E-state index is 0.245. The molecule has 268 valence electrons. The number of urea groups is 1. The highest BCUT2D eigenvalue weighted by atomic mass is 16.3. The van der Waals surface area contributed by atoms with Gasteiger partial charge in [0.05, 0.1) is 19.3 Å². The number of nitrogens with zero attached hydrogens (tertiary/aromatic N) is 1. The number of carbonyl (C=O) groups is 7. The quantitative estimate of drug-likeness (QED) is 0.0950. The number of guanidine groups is 1. The van der Waals surface area contributed by atoms with Crippen LogP contribution in [-0.2, 0) is 28.8 Å². The lowest BCUT2D eigenvalue weighted by Crippen LogP contribution is -2.64. The Morgan fingerprint density at radius 2 is 1.62 bits per heavy atom. The third-order valence-electron chi connectivity index (χ3n) is 6.91. The maximum Gasteiger partial charge on any atom is 0.316 e. The Balaban J connectivity index is 2.54. The fraction of sp³-hybridized carbons (Fsp3) is 0.600. The first-order valence-electron chi connectivity index (χ1n) is 14.7. The topological polar surface area (TPSA) is 393 Å². The summed E-state index contributed by atoms with van der Waals surface area (Å²) in [5.74, 6) is -6.65. The number of hydrogen-bond acceptors (Lipinski definition) is 15. The second-order valence-corrected chi connectivity index (χ2v) is 10.7. The molecule has 23 nitrogen and oxygen atoms in total. The molecule has 1 fully saturated rings. The Labute approximate surface area is 273 Å². The zero-order valence-corrected chi connectivity index (χ0v) is 25.7. The van der Waals surface area contributed by atoms with Crippen LogP contribution in [0.1, 0.15) is 25.7 Å². The molecule has 0 aliphatic carbocycles. The fourth-order valence-electron chi connectivity index (χ4n) is 4.46. The Morgan fingerprint density at radius 1 is 0.979 bits per heavy atom. The molecule has 0 aromatic rings. The third kappa shape index (κ3) is 12.3. The van der Waals surface area contributed by atoms with Gasteiger partial charge in [0, 0.05) is 31.6 Å². The summed E-state index contributed by atoms with van der Waals surface area (Å²) < 4.78 is 0. The summed E-state index contributed by atoms with van der Waals surface area (Å²) in [6, 6.07) is -9.66. The number of rotatable bonds is 10. The Kier molecular flexibility index (Phi) is 15.4. The van der Waals surface area contributed by atoms with Gasteiger partial charge in [-0.05, 0) is 19.4 Å². The number of aliphatic hydroxyl groups excluding tert-OH is 3. The van der Waals surface area contributed by atoms with Crippen LogP contribution in [0.3, 0.4) is 0 Å². The SMILES string of the molecule is NCCC[C@H](N)CC(=O)NC1CNC(=O)[C@H]([C@@H]2C[C@H](O)N=C(N)N2)NC(=O)/C(=C/NC(N)=O)NC(=O)C(CO)NC(=O)C(CO)NC1=O. The molecule has 7 atom stereocenters. The monoisotopic (exact) mass is 685 g/mol. The van der Waals surface area contributed by atoms with Crippen molar-refractivity contribution < 1.29 is 48.9 Å². The number of carbonyl (C=O) groups excluding carboxylic acids is 7. The van der Waals surface area contributed by atoms with Crippen molar-refractivity contribution in [1.82, 2.24) is 42.5 Å². The fourth-order valence-corrected chi connectivity index (χ4v) is 4.46. The molecule has 8 amide bonds. The molecule has 3 unspecified atom stereocenters. The minimum atomic E-state index is -1.78. The number of nitrogens with one attached hydrogen (secondary N) is 8. The molecule has 48 heavy (non-hydrogen) atoms. The highest BCUT2D eigenvalue weighted by Gasteiger charge is 2.37. The van der Waals surface area contributed by atoms with Gasteiger partial charge in [-0.15, -0.1) is 0 Å². The largest absolute Gasteiger partial charge is 0.394 e. The molecular weight excluding hydrogens is 642 g/mol. The van der Waals surface area contributed by atoms with Crippen molar-refractivity contribution >= 4 is 47.4 Å². The Morgan fingerprint density at radius 3 is 2.23 bits per heavy atom. The van der Waals surface area contributed by atoms with Crippen LogP contribution in [0, 0.1) is 0 Å². The number of amides is 8. The second-order valence-electron chi connectivity index (χ2n) is 10.7. The minimum Gasteiger partial charge on any atom is -0.394 e. The predicted octanol–water partition coefficient (Wildman–Crippen LogP) is -8.88. The van der Waals surface area contributed by atoms with E-state index in [1.807, 2.05) is 5.32 Å². The smallest absolute Gasteiger partial charge is 0.316 e. The van der Waals surface area contributed by atoms with Crippen LogP contribution in [0.25, 0.3) is 0 Å². The maximum absolute atomic E-state index is 13.6. The van der Waals surface area contributed by atoms with Gasteiger partial charge in [-0.3, -0.25) is 28.8 Å². The predicted molar refractivity (Wildman–Crippen MR) is 164 cm³/mol. The van der Waals surface area contributed by atoms with E-state index in [1.54, 1.807) is 0 Å². The molecule has 0 bridgehead atoms. The third-order valence-corrected chi connectivity index (χ3v) is 6.91. The van der Waals surface area contributed by atoms with Gasteiger partial charge >= 0.3 is 6.03 Å². The lowest BCUT2D eigenvalue weighted by atomic mass is 10.0. The number of hydrogen-bond donors (Lipinski definition) is 15. The van der Waals surface area contributed by atoms with E-state index in [4.69, 9.17) is 22.9 Å². The number of primary amides is 1. The summed E-state index contributed by atoms with van der Waals surface area (Å²) in [6.45, 7) is -2.36. The number of aliphatic imine (C=N–C) groups is 1. The highest BCUT2D eigenvalue weighted by Crippen LogP contribution is 2.11. The summed E-state index contributed by atoms with van der Waals surface area (Å²) in [5.41, 5.74) is 21.5. The van der Waals surface area contributed by atoms with Crippen molar-refractivity contribution in [2.45, 2.75) is 68.2 Å². The van der Waals surface area contributed by atoms with E-state index in [1.165, 1.54) is 0 Å². The molecule has 2 heterocycles. The van der Waals surface area contributed by atoms with Crippen LogP contribution in [0.2, 0.25) is 0 Å². The molecule has 19 N–H and O–H groups in total. The van der Waals surface area contributed by atoms with Crippen LogP contribution in [-0.4, -0.2) is 132 Å². The molecule has 0 spiro atoms. The molecule has 23 heteroatoms. The van der Waals surface area contributed by atoms with Gasteiger partial charge in [0.1, 0.15) is 29.9 Å². The van der Waals surface area contributed by atoms with Crippen molar-refractivity contribution in [2.24, 2.45) is 27.9 Å². The maximum atomic E-state index is 13.6. The molecule has 0 radical (unpaired) electrons. The van der Waals surface area contributed by atoms with E-state index in [0.29, 0.717) is 25.6 Å². The van der Waals surface area contributed by atoms with Crippen molar-refractivity contribution in [3.8, 4) is 0 Å². The average Bonchev–Trinajstić information content (AvgIpc) is 3.02. The second kappa shape index (κ2) is 18.9. The molecular formula is C25H43N13O10. The van der Waals surface area contributed by atoms with Gasteiger partial charge < -0.3 is 80.8 Å². The first kappa shape index (κ1) is 39.1. The van der Waals surface area contributed by atoms with E-state index < -0.39 is 109 Å². The summed E-state index contributed by atoms with van der Waals surface area (Å²) >= 11 is 0. The molecule has 0 saturated carbocycles. The standard InChI is InChI=1S/C25H43N13O10/c26-3-1-2-10(27)4-16(41)32-12-6-30-23(47)18(11-5-17(42)37-24(28)36-11)38-20(44)13(7-31-25(29)48)33-21(45)14(8-39)35-22(46)15(9-40)34-19(12)43/h7,10-12,14-15,17-18,39-40,42H,1-6,8-9,26-27H2,(H,30,47)(H,32,41)(H,33,45)(H,34,43)(H,35,46)(H,38,44)(H3,28,36,37)(H3,29,31,48)/b13-7-/t10-,11-,12?,14?,15?,17-,18-/m0/s1. The first-order valence-corrected chi connectivity index (χ1v) is 14.7. The zero-order chi connectivity index (χ0) is 36.0. The van der Waals surface area contributed by atoms with Crippen LogP contribution >= 0.6 is 0 Å². The normalized spacial score (nSPS) is 27.6. The summed E-state index contributed by atoms with van der Waals surface area (Å²) in [4.78, 5) is 94.0. The van der Waals surface area contributed by atoms with Gasteiger partial charge in [0.15, 0.2) is 12.2 Å². The Bertz CT molecular complexity index is 1280. The van der Waals surface area contributed by atoms with Gasteiger partial charge in [-0.2, -0.15) is 0 Å². The van der Waals surface area contributed by atoms with Crippen molar-refractivity contribution in [3.63, 3.8) is 0 Å². The molecule has 0 aromatic heterocycles. The van der Waals surface area contributed by atoms with Crippen LogP contribution in [0.5, 0.6) is 0 Å². The zero-order valence-electron chi connectivity index (χ0n) is 25.7. The number of nitrogens with two attached hydrogens (primary N) is 4. The van der Waals surface area contributed by atoms with Gasteiger partial charge in [0.25, 0.3) is 5.91 Å². The average molecular weight is 686 g/mol.